The predicted molar refractivity (Wildman–Crippen MR) is 146 cm³/mol. The second-order valence-corrected chi connectivity index (χ2v) is 9.87. The van der Waals surface area contributed by atoms with Crippen molar-refractivity contribution in [3.63, 3.8) is 0 Å². The number of hydrogen-bond acceptors (Lipinski definition) is 5. The summed E-state index contributed by atoms with van der Waals surface area (Å²) in [6.45, 7) is 0.456. The van der Waals surface area contributed by atoms with Crippen LogP contribution >= 0.6 is 35.0 Å². The Morgan fingerprint density at radius 3 is 2.61 bits per heavy atom. The van der Waals surface area contributed by atoms with Gasteiger partial charge in [-0.05, 0) is 48.2 Å². The van der Waals surface area contributed by atoms with Gasteiger partial charge in [-0.1, -0.05) is 47.5 Å². The van der Waals surface area contributed by atoms with Gasteiger partial charge in [-0.3, -0.25) is 15.2 Å². The first-order chi connectivity index (χ1) is 17.5. The molecular formula is C26H16Cl2N6OS. The first kappa shape index (κ1) is 22.7. The number of benzene rings is 2. The molecule has 4 aromatic rings. The molecule has 4 heterocycles. The number of amides is 1. The molecule has 2 aromatic carbocycles. The number of carbonyl (C=O) groups excluding carboxylic acids is 1. The van der Waals surface area contributed by atoms with Crippen molar-refractivity contribution in [3.05, 3.63) is 105 Å². The lowest BCUT2D eigenvalue weighted by molar-refractivity contribution is -0.114. The topological polar surface area (TPSA) is 86.7 Å². The van der Waals surface area contributed by atoms with E-state index >= 15 is 0 Å². The van der Waals surface area contributed by atoms with E-state index in [1.54, 1.807) is 18.5 Å². The van der Waals surface area contributed by atoms with E-state index in [0.717, 1.165) is 27.6 Å². The SMILES string of the molecule is N=C1/C(=C\c2cn(Cc3c(Cl)cccc3Cl)c3ccccc23)C(=O)N=C2SC(c3cccnc3)=NN12. The second-order valence-electron chi connectivity index (χ2n) is 8.10. The Hall–Kier alpha value is -3.72. The van der Waals surface area contributed by atoms with Crippen molar-refractivity contribution >= 4 is 73.9 Å². The van der Waals surface area contributed by atoms with Gasteiger partial charge < -0.3 is 4.57 Å². The lowest BCUT2D eigenvalue weighted by Gasteiger charge is -2.20. The van der Waals surface area contributed by atoms with Crippen LogP contribution in [-0.2, 0) is 11.3 Å². The maximum atomic E-state index is 13.0. The normalized spacial score (nSPS) is 16.5. The number of halogens is 2. The molecule has 0 saturated carbocycles. The smallest absolute Gasteiger partial charge is 0.283 e. The van der Waals surface area contributed by atoms with Crippen LogP contribution in [0.3, 0.4) is 0 Å². The van der Waals surface area contributed by atoms with Gasteiger partial charge in [-0.25, -0.2) is 0 Å². The standard InChI is InChI=1S/C26H16Cl2N6OS/c27-20-7-3-8-21(28)19(20)14-33-13-16(17-6-1-2-9-22(17)33)11-18-23(29)34-26(31-24(18)35)36-25(32-34)15-5-4-10-30-12-15/h1-13,29H,14H2/b18-11+,29-23?. The van der Waals surface area contributed by atoms with Crippen LogP contribution in [0.4, 0.5) is 0 Å². The third-order valence-corrected chi connectivity index (χ3v) is 7.54. The zero-order valence-electron chi connectivity index (χ0n) is 18.5. The highest BCUT2D eigenvalue weighted by atomic mass is 35.5. The molecule has 2 aliphatic heterocycles. The maximum absolute atomic E-state index is 13.0. The molecule has 0 aliphatic carbocycles. The van der Waals surface area contributed by atoms with Crippen molar-refractivity contribution in [3.8, 4) is 0 Å². The molecule has 0 spiro atoms. The minimum atomic E-state index is -0.479. The van der Waals surface area contributed by atoms with Gasteiger partial charge >= 0.3 is 0 Å². The summed E-state index contributed by atoms with van der Waals surface area (Å²) < 4.78 is 2.03. The first-order valence-corrected chi connectivity index (χ1v) is 12.5. The van der Waals surface area contributed by atoms with E-state index in [9.17, 15) is 4.79 Å². The highest BCUT2D eigenvalue weighted by Crippen LogP contribution is 2.33. The minimum Gasteiger partial charge on any atom is -0.342 e. The maximum Gasteiger partial charge on any atom is 0.283 e. The predicted octanol–water partition coefficient (Wildman–Crippen LogP) is 6.06. The number of thioether (sulfide) groups is 1. The van der Waals surface area contributed by atoms with Crippen LogP contribution < -0.4 is 0 Å². The van der Waals surface area contributed by atoms with Gasteiger partial charge in [-0.2, -0.15) is 15.1 Å². The van der Waals surface area contributed by atoms with Crippen LogP contribution in [0, 0.1) is 5.41 Å². The summed E-state index contributed by atoms with van der Waals surface area (Å²) in [5, 5.41) is 17.7. The third-order valence-electron chi connectivity index (χ3n) is 5.87. The molecule has 7 nitrogen and oxygen atoms in total. The molecule has 176 valence electrons. The Labute approximate surface area is 220 Å². The number of nitrogens with one attached hydrogen (secondary N) is 1. The quantitative estimate of drug-likeness (QED) is 0.325. The van der Waals surface area contributed by atoms with E-state index in [1.807, 2.05) is 65.4 Å². The van der Waals surface area contributed by atoms with Crippen LogP contribution in [0.5, 0.6) is 0 Å². The Morgan fingerprint density at radius 2 is 1.83 bits per heavy atom. The summed E-state index contributed by atoms with van der Waals surface area (Å²) in [7, 11) is 0. The molecule has 0 unspecified atom stereocenters. The zero-order valence-corrected chi connectivity index (χ0v) is 20.8. The molecule has 0 radical (unpaired) electrons. The van der Waals surface area contributed by atoms with Crippen LogP contribution in [-0.4, -0.2) is 36.5 Å². The fraction of sp³-hybridized carbons (Fsp3) is 0.0385. The van der Waals surface area contributed by atoms with Gasteiger partial charge in [0.25, 0.3) is 5.91 Å². The number of para-hydroxylation sites is 1. The van der Waals surface area contributed by atoms with Gasteiger partial charge in [0.05, 0.1) is 12.1 Å². The van der Waals surface area contributed by atoms with E-state index < -0.39 is 5.91 Å². The van der Waals surface area contributed by atoms with Gasteiger partial charge in [0.1, 0.15) is 5.04 Å². The van der Waals surface area contributed by atoms with E-state index in [0.29, 0.717) is 26.8 Å². The van der Waals surface area contributed by atoms with Crippen molar-refractivity contribution < 1.29 is 4.79 Å². The Morgan fingerprint density at radius 1 is 1.03 bits per heavy atom. The number of hydrazone groups is 1. The molecular weight excluding hydrogens is 515 g/mol. The number of aromatic nitrogens is 2. The molecule has 0 saturated heterocycles. The van der Waals surface area contributed by atoms with Crippen molar-refractivity contribution in [2.75, 3.05) is 0 Å². The molecule has 0 fully saturated rings. The minimum absolute atomic E-state index is 0.0256. The van der Waals surface area contributed by atoms with Gasteiger partial charge in [0, 0.05) is 56.2 Å². The molecule has 1 N–H and O–H groups in total. The van der Waals surface area contributed by atoms with Crippen LogP contribution in [0.2, 0.25) is 10.0 Å². The third kappa shape index (κ3) is 3.93. The number of rotatable bonds is 4. The van der Waals surface area contributed by atoms with Crippen LogP contribution in [0.25, 0.3) is 17.0 Å². The highest BCUT2D eigenvalue weighted by Gasteiger charge is 2.36. The number of amidine groups is 2. The number of pyridine rings is 1. The lowest BCUT2D eigenvalue weighted by Crippen LogP contribution is -2.35. The lowest BCUT2D eigenvalue weighted by atomic mass is 10.1. The summed E-state index contributed by atoms with van der Waals surface area (Å²) in [5.41, 5.74) is 3.50. The van der Waals surface area contributed by atoms with Gasteiger partial charge in [-0.15, -0.1) is 0 Å². The summed E-state index contributed by atoms with van der Waals surface area (Å²) in [6.07, 6.45) is 6.99. The van der Waals surface area contributed by atoms with Gasteiger partial charge in [0.2, 0.25) is 5.17 Å². The molecule has 10 heteroatoms. The zero-order chi connectivity index (χ0) is 24.8. The average molecular weight is 531 g/mol. The summed E-state index contributed by atoms with van der Waals surface area (Å²) in [5.74, 6) is -0.505. The summed E-state index contributed by atoms with van der Waals surface area (Å²) in [6, 6.07) is 17.0. The summed E-state index contributed by atoms with van der Waals surface area (Å²) in [4.78, 5) is 21.3. The molecule has 0 atom stereocenters. The number of carbonyl (C=O) groups is 1. The van der Waals surface area contributed by atoms with Crippen LogP contribution in [0.1, 0.15) is 16.7 Å². The van der Waals surface area contributed by atoms with Crippen molar-refractivity contribution in [1.82, 2.24) is 14.6 Å². The van der Waals surface area contributed by atoms with E-state index in [1.165, 1.54) is 16.8 Å². The van der Waals surface area contributed by atoms with E-state index in [2.05, 4.69) is 15.1 Å². The van der Waals surface area contributed by atoms with Crippen molar-refractivity contribution in [2.24, 2.45) is 10.1 Å². The fourth-order valence-electron chi connectivity index (χ4n) is 4.13. The molecule has 2 aliphatic rings. The Balaban J connectivity index is 1.39. The average Bonchev–Trinajstić information content (AvgIpc) is 3.46. The Bertz CT molecular complexity index is 1640. The van der Waals surface area contributed by atoms with Crippen molar-refractivity contribution in [2.45, 2.75) is 6.54 Å². The number of hydrogen-bond donors (Lipinski definition) is 1. The molecule has 0 bridgehead atoms. The van der Waals surface area contributed by atoms with Gasteiger partial charge in [0.15, 0.2) is 5.84 Å². The second kappa shape index (κ2) is 9.05. The Kier molecular flexibility index (Phi) is 5.72. The highest BCUT2D eigenvalue weighted by molar-refractivity contribution is 8.27. The molecule has 1 amide bonds. The number of nitrogens with zero attached hydrogens (tertiary/aromatic N) is 5. The first-order valence-electron chi connectivity index (χ1n) is 10.9. The fourth-order valence-corrected chi connectivity index (χ4v) is 5.53. The largest absolute Gasteiger partial charge is 0.342 e. The number of aliphatic imine (C=N–C) groups is 1. The van der Waals surface area contributed by atoms with E-state index in [-0.39, 0.29) is 11.4 Å². The molecule has 36 heavy (non-hydrogen) atoms. The molecule has 6 rings (SSSR count). The van der Waals surface area contributed by atoms with E-state index in [4.69, 9.17) is 28.6 Å². The summed E-state index contributed by atoms with van der Waals surface area (Å²) >= 11 is 14.1. The van der Waals surface area contributed by atoms with Crippen molar-refractivity contribution in [1.29, 1.82) is 5.41 Å². The monoisotopic (exact) mass is 530 g/mol. The van der Waals surface area contributed by atoms with Crippen LogP contribution in [0.15, 0.2) is 88.9 Å². The number of fused-ring (bicyclic) bond motifs is 2. The molecule has 2 aromatic heterocycles.